The van der Waals surface area contributed by atoms with Crippen LogP contribution in [0.5, 0.6) is 0 Å². The van der Waals surface area contributed by atoms with Crippen LogP contribution in [0.4, 0.5) is 0 Å². The fourth-order valence-electron chi connectivity index (χ4n) is 2.42. The predicted octanol–water partition coefficient (Wildman–Crippen LogP) is 1.85. The van der Waals surface area contributed by atoms with Gasteiger partial charge < -0.3 is 5.32 Å². The van der Waals surface area contributed by atoms with Crippen LogP contribution in [0.25, 0.3) is 0 Å². The van der Waals surface area contributed by atoms with E-state index in [4.69, 9.17) is 0 Å². The van der Waals surface area contributed by atoms with Crippen molar-refractivity contribution in [2.24, 2.45) is 5.92 Å². The summed E-state index contributed by atoms with van der Waals surface area (Å²) in [6.07, 6.45) is 7.56. The Labute approximate surface area is 118 Å². The van der Waals surface area contributed by atoms with Gasteiger partial charge in [-0.1, -0.05) is 6.07 Å². The number of carbonyl (C=O) groups excluding carboxylic acids is 1. The molecule has 0 bridgehead atoms. The lowest BCUT2D eigenvalue weighted by molar-refractivity contribution is -0.122. The van der Waals surface area contributed by atoms with Gasteiger partial charge in [0.1, 0.15) is 6.54 Å². The summed E-state index contributed by atoms with van der Waals surface area (Å²) >= 11 is 0. The number of amides is 1. The summed E-state index contributed by atoms with van der Waals surface area (Å²) in [5, 5.41) is 7.17. The Morgan fingerprint density at radius 2 is 2.30 bits per heavy atom. The maximum atomic E-state index is 12.1. The van der Waals surface area contributed by atoms with Crippen LogP contribution in [-0.4, -0.2) is 20.7 Å². The summed E-state index contributed by atoms with van der Waals surface area (Å²) in [5.41, 5.74) is 2.12. The molecule has 2 aromatic rings. The molecular weight excluding hydrogens is 252 g/mol. The summed E-state index contributed by atoms with van der Waals surface area (Å²) < 4.78 is 1.63. The zero-order chi connectivity index (χ0) is 13.9. The largest absolute Gasteiger partial charge is 0.346 e. The van der Waals surface area contributed by atoms with Gasteiger partial charge in [-0.3, -0.25) is 14.5 Å². The van der Waals surface area contributed by atoms with E-state index in [2.05, 4.69) is 15.4 Å². The lowest BCUT2D eigenvalue weighted by Gasteiger charge is -2.19. The van der Waals surface area contributed by atoms with Gasteiger partial charge in [0.2, 0.25) is 5.91 Å². The van der Waals surface area contributed by atoms with Gasteiger partial charge in [0.25, 0.3) is 0 Å². The molecular formula is C15H18N4O. The lowest BCUT2D eigenvalue weighted by Crippen LogP contribution is -2.33. The van der Waals surface area contributed by atoms with Crippen molar-refractivity contribution in [1.29, 1.82) is 0 Å². The normalized spacial score (nSPS) is 15.8. The van der Waals surface area contributed by atoms with Crippen molar-refractivity contribution in [2.75, 3.05) is 0 Å². The van der Waals surface area contributed by atoms with Gasteiger partial charge in [-0.15, -0.1) is 0 Å². The van der Waals surface area contributed by atoms with E-state index in [1.54, 1.807) is 23.3 Å². The summed E-state index contributed by atoms with van der Waals surface area (Å²) in [7, 11) is 0. The zero-order valence-electron chi connectivity index (χ0n) is 11.5. The molecule has 0 radical (unpaired) electrons. The van der Waals surface area contributed by atoms with Crippen LogP contribution in [-0.2, 0) is 11.3 Å². The van der Waals surface area contributed by atoms with Crippen LogP contribution >= 0.6 is 0 Å². The molecule has 5 nitrogen and oxygen atoms in total. The maximum absolute atomic E-state index is 12.1. The molecule has 1 aliphatic rings. The van der Waals surface area contributed by atoms with Gasteiger partial charge >= 0.3 is 0 Å². The van der Waals surface area contributed by atoms with Crippen molar-refractivity contribution in [2.45, 2.75) is 32.4 Å². The van der Waals surface area contributed by atoms with Crippen molar-refractivity contribution in [3.8, 4) is 0 Å². The van der Waals surface area contributed by atoms with Gasteiger partial charge in [-0.25, -0.2) is 0 Å². The Hall–Kier alpha value is -2.17. The van der Waals surface area contributed by atoms with Crippen LogP contribution in [0.2, 0.25) is 0 Å². The third-order valence-corrected chi connectivity index (χ3v) is 3.62. The van der Waals surface area contributed by atoms with E-state index in [-0.39, 0.29) is 18.5 Å². The van der Waals surface area contributed by atoms with Crippen LogP contribution in [0, 0.1) is 12.8 Å². The highest BCUT2D eigenvalue weighted by atomic mass is 16.2. The lowest BCUT2D eigenvalue weighted by atomic mass is 10.0. The van der Waals surface area contributed by atoms with Gasteiger partial charge in [0, 0.05) is 18.6 Å². The minimum atomic E-state index is -0.0179. The SMILES string of the molecule is Cc1cccnc1[C@@H](NC(=O)Cn1cccn1)C1CC1. The first-order valence-electron chi connectivity index (χ1n) is 6.92. The molecule has 3 rings (SSSR count). The molecule has 20 heavy (non-hydrogen) atoms. The number of rotatable bonds is 5. The van der Waals surface area contributed by atoms with E-state index in [0.29, 0.717) is 5.92 Å². The van der Waals surface area contributed by atoms with Gasteiger partial charge in [0.15, 0.2) is 0 Å². The van der Waals surface area contributed by atoms with Gasteiger partial charge in [-0.2, -0.15) is 5.10 Å². The molecule has 5 heteroatoms. The highest BCUT2D eigenvalue weighted by Crippen LogP contribution is 2.41. The molecule has 1 atom stereocenters. The summed E-state index contributed by atoms with van der Waals surface area (Å²) in [6.45, 7) is 2.29. The zero-order valence-corrected chi connectivity index (χ0v) is 11.5. The van der Waals surface area contributed by atoms with Crippen LogP contribution < -0.4 is 5.32 Å². The topological polar surface area (TPSA) is 59.8 Å². The highest BCUT2D eigenvalue weighted by Gasteiger charge is 2.35. The molecule has 104 valence electrons. The van der Waals surface area contributed by atoms with Crippen LogP contribution in [0.1, 0.15) is 30.1 Å². The smallest absolute Gasteiger partial charge is 0.242 e. The molecule has 2 heterocycles. The summed E-state index contributed by atoms with van der Waals surface area (Å²) in [4.78, 5) is 16.6. The van der Waals surface area contributed by atoms with Gasteiger partial charge in [-0.05, 0) is 43.4 Å². The minimum absolute atomic E-state index is 0.0179. The highest BCUT2D eigenvalue weighted by molar-refractivity contribution is 5.76. The Bertz CT molecular complexity index is 590. The number of carbonyl (C=O) groups is 1. The van der Waals surface area contributed by atoms with E-state index >= 15 is 0 Å². The molecule has 0 unspecified atom stereocenters. The predicted molar refractivity (Wildman–Crippen MR) is 74.8 cm³/mol. The third kappa shape index (κ3) is 2.87. The molecule has 0 aromatic carbocycles. The number of hydrogen-bond acceptors (Lipinski definition) is 3. The number of aromatic nitrogens is 3. The van der Waals surface area contributed by atoms with E-state index in [1.165, 1.54) is 0 Å². The Morgan fingerprint density at radius 3 is 2.95 bits per heavy atom. The third-order valence-electron chi connectivity index (χ3n) is 3.62. The second-order valence-electron chi connectivity index (χ2n) is 5.29. The van der Waals surface area contributed by atoms with Crippen molar-refractivity contribution in [3.63, 3.8) is 0 Å². The Balaban J connectivity index is 1.72. The summed E-state index contributed by atoms with van der Waals surface area (Å²) in [6, 6.07) is 5.81. The fourth-order valence-corrected chi connectivity index (χ4v) is 2.42. The summed E-state index contributed by atoms with van der Waals surface area (Å²) in [5.74, 6) is 0.501. The molecule has 0 saturated heterocycles. The monoisotopic (exact) mass is 270 g/mol. The van der Waals surface area contributed by atoms with Crippen molar-refractivity contribution in [1.82, 2.24) is 20.1 Å². The molecule has 1 fully saturated rings. The number of aryl methyl sites for hydroxylation is 1. The first-order chi connectivity index (χ1) is 9.74. The number of pyridine rings is 1. The Kier molecular flexibility index (Phi) is 3.50. The molecule has 0 spiro atoms. The first kappa shape index (κ1) is 12.8. The van der Waals surface area contributed by atoms with Crippen LogP contribution in [0.15, 0.2) is 36.8 Å². The maximum Gasteiger partial charge on any atom is 0.242 e. The first-order valence-corrected chi connectivity index (χ1v) is 6.92. The molecule has 1 saturated carbocycles. The van der Waals surface area contributed by atoms with Crippen molar-refractivity contribution < 1.29 is 4.79 Å². The van der Waals surface area contributed by atoms with Crippen molar-refractivity contribution >= 4 is 5.91 Å². The molecule has 0 aliphatic heterocycles. The average Bonchev–Trinajstić information content (AvgIpc) is 3.15. The second kappa shape index (κ2) is 5.45. The second-order valence-corrected chi connectivity index (χ2v) is 5.29. The van der Waals surface area contributed by atoms with E-state index in [1.807, 2.05) is 25.1 Å². The van der Waals surface area contributed by atoms with E-state index < -0.39 is 0 Å². The Morgan fingerprint density at radius 1 is 1.45 bits per heavy atom. The standard InChI is InChI=1S/C15H18N4O/c1-11-4-2-7-16-14(11)15(12-5-6-12)18-13(20)10-19-9-3-8-17-19/h2-4,7-9,12,15H,5-6,10H2,1H3,(H,18,20)/t15-/m0/s1. The molecule has 1 N–H and O–H groups in total. The van der Waals surface area contributed by atoms with Crippen LogP contribution in [0.3, 0.4) is 0 Å². The molecule has 2 aromatic heterocycles. The number of hydrogen-bond donors (Lipinski definition) is 1. The van der Waals surface area contributed by atoms with Gasteiger partial charge in [0.05, 0.1) is 11.7 Å². The molecule has 1 aliphatic carbocycles. The molecule has 1 amide bonds. The average molecular weight is 270 g/mol. The van der Waals surface area contributed by atoms with Crippen molar-refractivity contribution in [3.05, 3.63) is 48.0 Å². The number of nitrogens with zero attached hydrogens (tertiary/aromatic N) is 3. The quantitative estimate of drug-likeness (QED) is 0.902. The number of nitrogens with one attached hydrogen (secondary N) is 1. The van der Waals surface area contributed by atoms with E-state index in [0.717, 1.165) is 24.1 Å². The van der Waals surface area contributed by atoms with E-state index in [9.17, 15) is 4.79 Å². The minimum Gasteiger partial charge on any atom is -0.346 e. The fraction of sp³-hybridized carbons (Fsp3) is 0.400.